The number of thioether (sulfide) groups is 1. The highest BCUT2D eigenvalue weighted by molar-refractivity contribution is 9.10. The number of nitrogens with zero attached hydrogens (tertiary/aromatic N) is 4. The topological polar surface area (TPSA) is 84.7 Å². The Kier molecular flexibility index (Phi) is 7.14. The van der Waals surface area contributed by atoms with E-state index in [9.17, 15) is 4.79 Å². The number of rotatable bonds is 8. The molecule has 0 aliphatic heterocycles. The molecule has 2 aromatic heterocycles. The average Bonchev–Trinajstić information content (AvgIpc) is 3.10. The minimum absolute atomic E-state index is 0.229. The summed E-state index contributed by atoms with van der Waals surface area (Å²) in [6.45, 7) is 3.81. The van der Waals surface area contributed by atoms with E-state index in [0.29, 0.717) is 28.8 Å². The van der Waals surface area contributed by atoms with Crippen LogP contribution in [0.1, 0.15) is 23.7 Å². The number of halogens is 2. The lowest BCUT2D eigenvalue weighted by atomic mass is 10.2. The molecule has 2 heterocycles. The zero-order valence-corrected chi connectivity index (χ0v) is 18.7. The van der Waals surface area contributed by atoms with Gasteiger partial charge in [-0.1, -0.05) is 46.2 Å². The van der Waals surface area contributed by atoms with Crippen LogP contribution in [-0.4, -0.2) is 45.0 Å². The first-order chi connectivity index (χ1) is 13.5. The standard InChI is InChI=1S/C18H20BrClN6OS/c1-3-6-21-15-13-10-23-26(16(13)25-18(24-15)28-2)8-7-22-17(27)12-9-11(19)4-5-14(12)20/h4-5,9-10H,3,6-8H2,1-2H3,(H,22,27)(H,21,24,25). The lowest BCUT2D eigenvalue weighted by molar-refractivity contribution is 0.0952. The third-order valence-corrected chi connectivity index (χ3v) is 5.35. The van der Waals surface area contributed by atoms with Crippen molar-refractivity contribution in [1.82, 2.24) is 25.1 Å². The van der Waals surface area contributed by atoms with E-state index in [1.807, 2.05) is 6.26 Å². The summed E-state index contributed by atoms with van der Waals surface area (Å²) >= 11 is 10.9. The third-order valence-electron chi connectivity index (χ3n) is 3.98. The SMILES string of the molecule is CCCNc1nc(SC)nc2c1cnn2CCNC(=O)c1cc(Br)ccc1Cl. The minimum atomic E-state index is -0.229. The van der Waals surface area contributed by atoms with Gasteiger partial charge in [-0.05, 0) is 30.9 Å². The minimum Gasteiger partial charge on any atom is -0.369 e. The van der Waals surface area contributed by atoms with E-state index in [4.69, 9.17) is 11.6 Å². The summed E-state index contributed by atoms with van der Waals surface area (Å²) in [7, 11) is 0. The quantitative estimate of drug-likeness (QED) is 0.369. The Morgan fingerprint density at radius 1 is 1.32 bits per heavy atom. The van der Waals surface area contributed by atoms with E-state index in [1.54, 1.807) is 29.1 Å². The van der Waals surface area contributed by atoms with Crippen LogP contribution in [-0.2, 0) is 6.54 Å². The van der Waals surface area contributed by atoms with Crippen molar-refractivity contribution < 1.29 is 4.79 Å². The van der Waals surface area contributed by atoms with E-state index in [0.717, 1.165) is 34.3 Å². The fraction of sp³-hybridized carbons (Fsp3) is 0.333. The number of hydrogen-bond donors (Lipinski definition) is 2. The molecule has 3 rings (SSSR count). The zero-order valence-electron chi connectivity index (χ0n) is 15.5. The number of benzene rings is 1. The summed E-state index contributed by atoms with van der Waals surface area (Å²) in [6.07, 6.45) is 4.69. The van der Waals surface area contributed by atoms with Gasteiger partial charge in [-0.3, -0.25) is 4.79 Å². The number of fused-ring (bicyclic) bond motifs is 1. The van der Waals surface area contributed by atoms with Crippen LogP contribution >= 0.6 is 39.3 Å². The van der Waals surface area contributed by atoms with Gasteiger partial charge in [0.25, 0.3) is 5.91 Å². The monoisotopic (exact) mass is 482 g/mol. The summed E-state index contributed by atoms with van der Waals surface area (Å²) < 4.78 is 2.57. The molecule has 10 heteroatoms. The highest BCUT2D eigenvalue weighted by atomic mass is 79.9. The fourth-order valence-electron chi connectivity index (χ4n) is 2.61. The van der Waals surface area contributed by atoms with Gasteiger partial charge >= 0.3 is 0 Å². The van der Waals surface area contributed by atoms with E-state index < -0.39 is 0 Å². The molecular formula is C18H20BrClN6OS. The molecule has 0 bridgehead atoms. The Hall–Kier alpha value is -1.84. The van der Waals surface area contributed by atoms with Crippen molar-refractivity contribution in [3.8, 4) is 0 Å². The zero-order chi connectivity index (χ0) is 20.1. The molecule has 148 valence electrons. The first-order valence-electron chi connectivity index (χ1n) is 8.78. The molecule has 3 aromatic rings. The molecular weight excluding hydrogens is 464 g/mol. The second kappa shape index (κ2) is 9.58. The lowest BCUT2D eigenvalue weighted by Crippen LogP contribution is -2.27. The predicted molar refractivity (Wildman–Crippen MR) is 117 cm³/mol. The third kappa shape index (κ3) is 4.76. The summed E-state index contributed by atoms with van der Waals surface area (Å²) in [4.78, 5) is 21.5. The normalized spacial score (nSPS) is 11.0. The molecule has 0 aliphatic rings. The maximum Gasteiger partial charge on any atom is 0.252 e. The molecule has 0 atom stereocenters. The Morgan fingerprint density at radius 2 is 2.14 bits per heavy atom. The van der Waals surface area contributed by atoms with Gasteiger partial charge in [0.15, 0.2) is 10.8 Å². The lowest BCUT2D eigenvalue weighted by Gasteiger charge is -2.09. The molecule has 2 N–H and O–H groups in total. The van der Waals surface area contributed by atoms with Gasteiger partial charge in [0, 0.05) is 17.6 Å². The van der Waals surface area contributed by atoms with Gasteiger partial charge in [0.1, 0.15) is 5.82 Å². The van der Waals surface area contributed by atoms with Gasteiger partial charge in [-0.15, -0.1) is 0 Å². The molecule has 0 saturated heterocycles. The van der Waals surface area contributed by atoms with Gasteiger partial charge in [0.2, 0.25) is 0 Å². The van der Waals surface area contributed by atoms with Crippen LogP contribution < -0.4 is 10.6 Å². The Labute approximate surface area is 180 Å². The second-order valence-corrected chi connectivity index (χ2v) is 8.07. The van der Waals surface area contributed by atoms with Crippen molar-refractivity contribution in [2.75, 3.05) is 24.7 Å². The average molecular weight is 484 g/mol. The van der Waals surface area contributed by atoms with Crippen molar-refractivity contribution in [1.29, 1.82) is 0 Å². The van der Waals surface area contributed by atoms with Crippen LogP contribution in [0.4, 0.5) is 5.82 Å². The first kappa shape index (κ1) is 20.9. The number of carbonyl (C=O) groups is 1. The van der Waals surface area contributed by atoms with Crippen molar-refractivity contribution >= 4 is 62.1 Å². The molecule has 1 aromatic carbocycles. The summed E-state index contributed by atoms with van der Waals surface area (Å²) in [5, 5.41) is 12.6. The Balaban J connectivity index is 1.74. The summed E-state index contributed by atoms with van der Waals surface area (Å²) in [5.41, 5.74) is 1.17. The highest BCUT2D eigenvalue weighted by Gasteiger charge is 2.14. The fourth-order valence-corrected chi connectivity index (χ4v) is 3.54. The molecule has 7 nitrogen and oxygen atoms in total. The second-order valence-electron chi connectivity index (χ2n) is 5.97. The largest absolute Gasteiger partial charge is 0.369 e. The first-order valence-corrected chi connectivity index (χ1v) is 11.2. The number of amides is 1. The number of nitrogens with one attached hydrogen (secondary N) is 2. The Bertz CT molecular complexity index is 996. The maximum absolute atomic E-state index is 12.4. The van der Waals surface area contributed by atoms with Crippen molar-refractivity contribution in [2.45, 2.75) is 25.0 Å². The van der Waals surface area contributed by atoms with E-state index >= 15 is 0 Å². The van der Waals surface area contributed by atoms with Crippen LogP contribution in [0.5, 0.6) is 0 Å². The van der Waals surface area contributed by atoms with Crippen molar-refractivity contribution in [2.24, 2.45) is 0 Å². The number of hydrogen-bond acceptors (Lipinski definition) is 6. The number of carbonyl (C=O) groups excluding carboxylic acids is 1. The Morgan fingerprint density at radius 3 is 2.89 bits per heavy atom. The smallest absolute Gasteiger partial charge is 0.252 e. The molecule has 0 fully saturated rings. The van der Waals surface area contributed by atoms with Crippen molar-refractivity contribution in [3.05, 3.63) is 39.5 Å². The highest BCUT2D eigenvalue weighted by Crippen LogP contribution is 2.23. The van der Waals surface area contributed by atoms with Gasteiger partial charge in [-0.25, -0.2) is 14.6 Å². The molecule has 1 amide bonds. The number of anilines is 1. The molecule has 0 aliphatic carbocycles. The van der Waals surface area contributed by atoms with Crippen LogP contribution in [0.3, 0.4) is 0 Å². The van der Waals surface area contributed by atoms with E-state index in [1.165, 1.54) is 11.8 Å². The molecule has 0 spiro atoms. The molecule has 28 heavy (non-hydrogen) atoms. The van der Waals surface area contributed by atoms with Crippen molar-refractivity contribution in [3.63, 3.8) is 0 Å². The van der Waals surface area contributed by atoms with Crippen LogP contribution in [0, 0.1) is 0 Å². The van der Waals surface area contributed by atoms with Crippen LogP contribution in [0.15, 0.2) is 34.0 Å². The van der Waals surface area contributed by atoms with E-state index in [2.05, 4.69) is 48.6 Å². The predicted octanol–water partition coefficient (Wildman–Crippen LogP) is 4.22. The van der Waals surface area contributed by atoms with Crippen LogP contribution in [0.25, 0.3) is 11.0 Å². The maximum atomic E-state index is 12.4. The molecule has 0 unspecified atom stereocenters. The summed E-state index contributed by atoms with van der Waals surface area (Å²) in [5.74, 6) is 0.555. The number of aromatic nitrogens is 4. The van der Waals surface area contributed by atoms with Crippen LogP contribution in [0.2, 0.25) is 5.02 Å². The summed E-state index contributed by atoms with van der Waals surface area (Å²) in [6, 6.07) is 5.18. The van der Waals surface area contributed by atoms with Gasteiger partial charge < -0.3 is 10.6 Å². The molecule has 0 radical (unpaired) electrons. The molecule has 0 saturated carbocycles. The van der Waals surface area contributed by atoms with E-state index in [-0.39, 0.29) is 5.91 Å². The van der Waals surface area contributed by atoms with Gasteiger partial charge in [0.05, 0.1) is 28.7 Å². The van der Waals surface area contributed by atoms with Gasteiger partial charge in [-0.2, -0.15) is 5.10 Å².